The molecule has 0 radical (unpaired) electrons. The van der Waals surface area contributed by atoms with Crippen LogP contribution in [0, 0.1) is 11.3 Å². The molecule has 0 spiro atoms. The zero-order chi connectivity index (χ0) is 11.9. The number of rotatable bonds is 3. The van der Waals surface area contributed by atoms with Crippen molar-refractivity contribution in [3.05, 3.63) is 28.2 Å². The molecule has 2 N–H and O–H groups in total. The average Bonchev–Trinajstić information content (AvgIpc) is 2.80. The van der Waals surface area contributed by atoms with E-state index in [4.69, 9.17) is 10.5 Å². The lowest BCUT2D eigenvalue weighted by atomic mass is 10.0. The lowest BCUT2D eigenvalue weighted by Crippen LogP contribution is -2.05. The van der Waals surface area contributed by atoms with E-state index in [0.717, 1.165) is 16.8 Å². The highest BCUT2D eigenvalue weighted by Gasteiger charge is 2.58. The number of benzene rings is 1. The number of halogens is 1. The van der Waals surface area contributed by atoms with Crippen molar-refractivity contribution in [2.75, 3.05) is 13.7 Å². The molecule has 0 amide bonds. The molecule has 2 atom stereocenters. The van der Waals surface area contributed by atoms with Gasteiger partial charge in [-0.3, -0.25) is 0 Å². The van der Waals surface area contributed by atoms with Crippen LogP contribution >= 0.6 is 15.9 Å². The van der Waals surface area contributed by atoms with Gasteiger partial charge in [-0.05, 0) is 47.6 Å². The first-order chi connectivity index (χ1) is 7.52. The Bertz CT molecular complexity index is 403. The van der Waals surface area contributed by atoms with Gasteiger partial charge in [0.2, 0.25) is 0 Å². The summed E-state index contributed by atoms with van der Waals surface area (Å²) in [6, 6.07) is 6.18. The molecule has 3 heteroatoms. The summed E-state index contributed by atoms with van der Waals surface area (Å²) in [6.45, 7) is 5.29. The van der Waals surface area contributed by atoms with E-state index in [1.165, 1.54) is 5.56 Å². The molecule has 2 rings (SSSR count). The van der Waals surface area contributed by atoms with Gasteiger partial charge in [0.25, 0.3) is 0 Å². The zero-order valence-electron chi connectivity index (χ0n) is 9.96. The second-order valence-corrected chi connectivity index (χ2v) is 5.94. The van der Waals surface area contributed by atoms with Crippen LogP contribution in [-0.2, 0) is 0 Å². The average molecular weight is 284 g/mol. The van der Waals surface area contributed by atoms with Gasteiger partial charge in [-0.2, -0.15) is 0 Å². The molecule has 0 saturated heterocycles. The summed E-state index contributed by atoms with van der Waals surface area (Å²) in [4.78, 5) is 0. The Morgan fingerprint density at radius 1 is 1.44 bits per heavy atom. The third-order valence-electron chi connectivity index (χ3n) is 3.83. The minimum absolute atomic E-state index is 0.294. The summed E-state index contributed by atoms with van der Waals surface area (Å²) < 4.78 is 6.53. The molecular weight excluding hydrogens is 266 g/mol. The van der Waals surface area contributed by atoms with E-state index < -0.39 is 0 Å². The number of methoxy groups -OCH3 is 1. The molecule has 16 heavy (non-hydrogen) atoms. The zero-order valence-corrected chi connectivity index (χ0v) is 11.5. The Kier molecular flexibility index (Phi) is 3.01. The minimum Gasteiger partial charge on any atom is -0.496 e. The topological polar surface area (TPSA) is 35.2 Å². The van der Waals surface area contributed by atoms with Gasteiger partial charge in [-0.15, -0.1) is 0 Å². The monoisotopic (exact) mass is 283 g/mol. The van der Waals surface area contributed by atoms with Crippen molar-refractivity contribution in [1.29, 1.82) is 0 Å². The molecule has 0 heterocycles. The number of nitrogens with two attached hydrogens (primary N) is 1. The van der Waals surface area contributed by atoms with Gasteiger partial charge in [0.05, 0.1) is 7.11 Å². The third kappa shape index (κ3) is 1.76. The summed E-state index contributed by atoms with van der Waals surface area (Å²) in [6.07, 6.45) is 0. The Balaban J connectivity index is 2.38. The van der Waals surface area contributed by atoms with Crippen molar-refractivity contribution < 1.29 is 4.74 Å². The molecular formula is C13H18BrNO. The van der Waals surface area contributed by atoms with Crippen molar-refractivity contribution in [2.24, 2.45) is 17.1 Å². The first-order valence-corrected chi connectivity index (χ1v) is 6.35. The molecule has 0 bridgehead atoms. The Hall–Kier alpha value is -0.540. The van der Waals surface area contributed by atoms with Crippen LogP contribution in [0.1, 0.15) is 25.3 Å². The normalized spacial score (nSPS) is 26.6. The highest BCUT2D eigenvalue weighted by Crippen LogP contribution is 2.65. The van der Waals surface area contributed by atoms with Crippen LogP contribution in [0.25, 0.3) is 0 Å². The predicted octanol–water partition coefficient (Wildman–Crippen LogP) is 3.16. The van der Waals surface area contributed by atoms with Crippen LogP contribution in [0.4, 0.5) is 0 Å². The fourth-order valence-electron chi connectivity index (χ4n) is 2.75. The van der Waals surface area contributed by atoms with Gasteiger partial charge in [0.15, 0.2) is 0 Å². The Morgan fingerprint density at radius 2 is 2.12 bits per heavy atom. The van der Waals surface area contributed by atoms with E-state index >= 15 is 0 Å². The van der Waals surface area contributed by atoms with Crippen molar-refractivity contribution in [3.8, 4) is 5.75 Å². The molecule has 1 fully saturated rings. The number of hydrogen-bond acceptors (Lipinski definition) is 2. The van der Waals surface area contributed by atoms with Crippen LogP contribution in [0.15, 0.2) is 22.7 Å². The van der Waals surface area contributed by atoms with Gasteiger partial charge < -0.3 is 10.5 Å². The standard InChI is InChI=1S/C13H18BrNO/c1-13(2)10(7-15)12(13)9-6-8(14)4-5-11(9)16-3/h4-6,10,12H,7,15H2,1-3H3/t10-,12-/m1/s1. The van der Waals surface area contributed by atoms with Crippen LogP contribution in [0.3, 0.4) is 0 Å². The van der Waals surface area contributed by atoms with Crippen molar-refractivity contribution in [3.63, 3.8) is 0 Å². The SMILES string of the molecule is COc1ccc(Br)cc1[C@@H]1[C@@H](CN)C1(C)C. The largest absolute Gasteiger partial charge is 0.496 e. The summed E-state index contributed by atoms with van der Waals surface area (Å²) >= 11 is 3.51. The summed E-state index contributed by atoms with van der Waals surface area (Å²) in [5.41, 5.74) is 7.38. The molecule has 0 aromatic heterocycles. The van der Waals surface area contributed by atoms with Crippen molar-refractivity contribution in [1.82, 2.24) is 0 Å². The Labute approximate surface area is 105 Å². The van der Waals surface area contributed by atoms with Crippen LogP contribution < -0.4 is 10.5 Å². The summed E-state index contributed by atoms with van der Waals surface area (Å²) in [5.74, 6) is 2.05. The maximum atomic E-state index is 5.81. The summed E-state index contributed by atoms with van der Waals surface area (Å²) in [5, 5.41) is 0. The second kappa shape index (κ2) is 4.04. The molecule has 0 unspecified atom stereocenters. The molecule has 88 valence electrons. The van der Waals surface area contributed by atoms with E-state index in [9.17, 15) is 0 Å². The molecule has 1 aromatic carbocycles. The highest BCUT2D eigenvalue weighted by atomic mass is 79.9. The van der Waals surface area contributed by atoms with Crippen molar-refractivity contribution in [2.45, 2.75) is 19.8 Å². The molecule has 0 aliphatic heterocycles. The van der Waals surface area contributed by atoms with Gasteiger partial charge in [0.1, 0.15) is 5.75 Å². The maximum absolute atomic E-state index is 5.81. The fraction of sp³-hybridized carbons (Fsp3) is 0.538. The molecule has 1 aliphatic carbocycles. The van der Waals surface area contributed by atoms with Crippen LogP contribution in [0.5, 0.6) is 5.75 Å². The van der Waals surface area contributed by atoms with E-state index in [0.29, 0.717) is 17.3 Å². The second-order valence-electron chi connectivity index (χ2n) is 5.03. The molecule has 1 saturated carbocycles. The minimum atomic E-state index is 0.294. The van der Waals surface area contributed by atoms with E-state index in [2.05, 4.69) is 35.8 Å². The number of ether oxygens (including phenoxy) is 1. The first-order valence-electron chi connectivity index (χ1n) is 5.56. The van der Waals surface area contributed by atoms with E-state index in [-0.39, 0.29) is 0 Å². The summed E-state index contributed by atoms with van der Waals surface area (Å²) in [7, 11) is 1.72. The van der Waals surface area contributed by atoms with Gasteiger partial charge >= 0.3 is 0 Å². The Morgan fingerprint density at radius 3 is 2.62 bits per heavy atom. The predicted molar refractivity (Wildman–Crippen MR) is 69.8 cm³/mol. The fourth-order valence-corrected chi connectivity index (χ4v) is 3.13. The maximum Gasteiger partial charge on any atom is 0.122 e. The quantitative estimate of drug-likeness (QED) is 0.925. The lowest BCUT2D eigenvalue weighted by molar-refractivity contribution is 0.407. The van der Waals surface area contributed by atoms with Gasteiger partial charge in [0, 0.05) is 4.47 Å². The van der Waals surface area contributed by atoms with Crippen LogP contribution in [0.2, 0.25) is 0 Å². The smallest absolute Gasteiger partial charge is 0.122 e. The lowest BCUT2D eigenvalue weighted by Gasteiger charge is -2.10. The van der Waals surface area contributed by atoms with Gasteiger partial charge in [-0.25, -0.2) is 0 Å². The van der Waals surface area contributed by atoms with E-state index in [1.807, 2.05) is 12.1 Å². The molecule has 1 aromatic rings. The van der Waals surface area contributed by atoms with Crippen LogP contribution in [-0.4, -0.2) is 13.7 Å². The third-order valence-corrected chi connectivity index (χ3v) is 4.32. The van der Waals surface area contributed by atoms with E-state index in [1.54, 1.807) is 7.11 Å². The molecule has 1 aliphatic rings. The van der Waals surface area contributed by atoms with Crippen molar-refractivity contribution >= 4 is 15.9 Å². The highest BCUT2D eigenvalue weighted by molar-refractivity contribution is 9.10. The molecule has 2 nitrogen and oxygen atoms in total. The first kappa shape index (κ1) is 11.9. The van der Waals surface area contributed by atoms with Gasteiger partial charge in [-0.1, -0.05) is 29.8 Å². The number of hydrogen-bond donors (Lipinski definition) is 1.